The number of rotatable bonds is 24. The number of nitrogens with zero attached hydrogens (tertiary/aromatic N) is 6. The van der Waals surface area contributed by atoms with Crippen LogP contribution in [0.1, 0.15) is 56.2 Å². The van der Waals surface area contributed by atoms with Crippen molar-refractivity contribution in [1.29, 1.82) is 0 Å². The van der Waals surface area contributed by atoms with Gasteiger partial charge in [-0.2, -0.15) is 0 Å². The number of aliphatic hydroxyl groups excluding tert-OH is 1. The number of nitrogens with one attached hydrogen (secondary N) is 1. The number of amides is 1. The minimum absolute atomic E-state index is 0.00113. The molecule has 18 nitrogen and oxygen atoms in total. The normalized spacial score (nSPS) is 26.9. The van der Waals surface area contributed by atoms with Gasteiger partial charge in [0, 0.05) is 29.6 Å². The Morgan fingerprint density at radius 1 is 0.726 bits per heavy atom. The lowest BCUT2D eigenvalue weighted by Gasteiger charge is -2.45. The van der Waals surface area contributed by atoms with Crippen LogP contribution in [0.3, 0.4) is 0 Å². The van der Waals surface area contributed by atoms with Crippen LogP contribution in [0.4, 0.5) is 4.79 Å². The Kier molecular flexibility index (Phi) is 20.0. The molecule has 3 aromatic carbocycles. The number of carbonyl (C=O) groups is 1. The van der Waals surface area contributed by atoms with Gasteiger partial charge in [-0.25, -0.2) is 4.79 Å². The van der Waals surface area contributed by atoms with E-state index in [1.807, 2.05) is 91.0 Å². The summed E-state index contributed by atoms with van der Waals surface area (Å²) in [6.07, 6.45) is -3.60. The third-order valence-electron chi connectivity index (χ3n) is 10.7. The van der Waals surface area contributed by atoms with Gasteiger partial charge in [0.1, 0.15) is 18.8 Å². The first-order chi connectivity index (χ1) is 30.1. The number of azide groups is 2. The van der Waals surface area contributed by atoms with Crippen LogP contribution in [0.25, 0.3) is 20.9 Å². The first-order valence-electron chi connectivity index (χ1n) is 20.9. The summed E-state index contributed by atoms with van der Waals surface area (Å²) < 4.78 is 62.5. The van der Waals surface area contributed by atoms with Crippen molar-refractivity contribution in [1.82, 2.24) is 5.32 Å². The average molecular weight is 880 g/mol. The summed E-state index contributed by atoms with van der Waals surface area (Å²) in [7, 11) is -4.11. The number of hydrogen-bond acceptors (Lipinski definition) is 13. The topological polar surface area (TPSA) is 238 Å². The molecule has 62 heavy (non-hydrogen) atoms. The number of benzene rings is 3. The lowest BCUT2D eigenvalue weighted by molar-refractivity contribution is -0.256. The van der Waals surface area contributed by atoms with E-state index >= 15 is 0 Å². The lowest BCUT2D eigenvalue weighted by Crippen LogP contribution is -2.56. The van der Waals surface area contributed by atoms with Crippen molar-refractivity contribution in [2.75, 3.05) is 33.0 Å². The Morgan fingerprint density at radius 2 is 1.24 bits per heavy atom. The van der Waals surface area contributed by atoms with E-state index < -0.39 is 74.6 Å². The molecule has 0 aliphatic carbocycles. The Balaban J connectivity index is 1.18. The third kappa shape index (κ3) is 15.4. The zero-order valence-electron chi connectivity index (χ0n) is 35.4. The minimum atomic E-state index is -4.11. The fraction of sp³-hybridized carbons (Fsp3) is 0.558. The molecule has 0 bridgehead atoms. The summed E-state index contributed by atoms with van der Waals surface area (Å²) in [4.78, 5) is 18.1. The molecule has 5 rings (SSSR count). The zero-order valence-corrected chi connectivity index (χ0v) is 36.3. The van der Waals surface area contributed by atoms with Gasteiger partial charge in [0.05, 0.1) is 50.7 Å². The van der Waals surface area contributed by atoms with E-state index in [9.17, 15) is 25.5 Å². The quantitative estimate of drug-likeness (QED) is 0.0284. The molecule has 2 saturated heterocycles. The summed E-state index contributed by atoms with van der Waals surface area (Å²) in [6, 6.07) is 26.5. The smallest absolute Gasteiger partial charge is 0.407 e. The highest BCUT2D eigenvalue weighted by Crippen LogP contribution is 2.51. The average Bonchev–Trinajstić information content (AvgIpc) is 3.27. The van der Waals surface area contributed by atoms with Gasteiger partial charge >= 0.3 is 13.7 Å². The van der Waals surface area contributed by atoms with Crippen LogP contribution in [-0.4, -0.2) is 93.3 Å². The summed E-state index contributed by atoms with van der Waals surface area (Å²) in [5.41, 5.74) is 21.8. The summed E-state index contributed by atoms with van der Waals surface area (Å²) >= 11 is 0. The number of ether oxygens (including phenoxy) is 6. The second-order valence-electron chi connectivity index (χ2n) is 15.4. The number of alkyl carbamates (subject to hydrolysis) is 1. The molecule has 1 amide bonds. The molecule has 11 atom stereocenters. The van der Waals surface area contributed by atoms with Gasteiger partial charge in [-0.15, -0.1) is 0 Å². The van der Waals surface area contributed by atoms with Crippen LogP contribution >= 0.6 is 7.60 Å². The van der Waals surface area contributed by atoms with E-state index in [1.165, 1.54) is 6.66 Å². The van der Waals surface area contributed by atoms with E-state index in [-0.39, 0.29) is 33.0 Å². The van der Waals surface area contributed by atoms with E-state index in [0.29, 0.717) is 19.6 Å². The predicted octanol–water partition coefficient (Wildman–Crippen LogP) is 8.59. The summed E-state index contributed by atoms with van der Waals surface area (Å²) in [5, 5.41) is 21.7. The number of unbranched alkanes of at least 4 members (excludes halogenated alkanes) is 3. The van der Waals surface area contributed by atoms with E-state index in [4.69, 9.17) is 37.5 Å². The zero-order chi connectivity index (χ0) is 44.2. The lowest BCUT2D eigenvalue weighted by atomic mass is 9.89. The predicted molar refractivity (Wildman–Crippen MR) is 228 cm³/mol. The second kappa shape index (κ2) is 25.5. The van der Waals surface area contributed by atoms with E-state index in [0.717, 1.165) is 36.0 Å². The molecule has 2 heterocycles. The molecule has 0 saturated carbocycles. The largest absolute Gasteiger partial charge is 0.445 e. The molecule has 0 spiro atoms. The third-order valence-corrected chi connectivity index (χ3v) is 11.9. The number of carbonyl (C=O) groups excluding carboxylic acids is 1. The Hall–Kier alpha value is -4.54. The first-order valence-corrected chi connectivity index (χ1v) is 22.9. The fourth-order valence-electron chi connectivity index (χ4n) is 7.25. The molecule has 5 unspecified atom stereocenters. The highest BCUT2D eigenvalue weighted by Gasteiger charge is 2.49. The second-order valence-corrected chi connectivity index (χ2v) is 17.4. The molecule has 2 aliphatic heterocycles. The first kappa shape index (κ1) is 48.5. The maximum atomic E-state index is 14.4. The van der Waals surface area contributed by atoms with Crippen LogP contribution in [0, 0.1) is 11.8 Å². The van der Waals surface area contributed by atoms with Crippen molar-refractivity contribution in [2.45, 2.75) is 108 Å². The minimum Gasteiger partial charge on any atom is -0.445 e. The van der Waals surface area contributed by atoms with Gasteiger partial charge in [-0.1, -0.05) is 128 Å². The number of aliphatic hydroxyl groups is 1. The van der Waals surface area contributed by atoms with Crippen molar-refractivity contribution >= 4 is 13.7 Å². The maximum Gasteiger partial charge on any atom is 0.407 e. The van der Waals surface area contributed by atoms with Crippen molar-refractivity contribution in [2.24, 2.45) is 22.1 Å². The molecule has 0 radical (unpaired) electrons. The highest BCUT2D eigenvalue weighted by molar-refractivity contribution is 7.53. The van der Waals surface area contributed by atoms with Crippen molar-refractivity contribution < 1.29 is 51.9 Å². The molecule has 2 N–H and O–H groups in total. The van der Waals surface area contributed by atoms with Crippen molar-refractivity contribution in [3.05, 3.63) is 129 Å². The maximum absolute atomic E-state index is 14.4. The Bertz CT molecular complexity index is 1930. The molecule has 336 valence electrons. The molecule has 2 aliphatic rings. The van der Waals surface area contributed by atoms with Gasteiger partial charge in [-0.3, -0.25) is 9.09 Å². The molecule has 19 heteroatoms. The SMILES string of the molecule is C[C@@H]1C(N=[N+]=[N-])[C@@H](OP(C)(=O)O[C@@H]2C(COCc3ccccc3)O[C@H](OCCCCCCNC(=O)OCc3ccccc3)C(N=[N+]=[N-])[C@H]2C)OC(COCc2ccccc2)[C@H]1O. The molecular formula is C43H58N7O11P. The van der Waals surface area contributed by atoms with Gasteiger partial charge in [0.2, 0.25) is 0 Å². The monoisotopic (exact) mass is 879 g/mol. The summed E-state index contributed by atoms with van der Waals surface area (Å²) in [6.45, 7) is 6.19. The van der Waals surface area contributed by atoms with Crippen LogP contribution in [0.5, 0.6) is 0 Å². The molecule has 3 aromatic rings. The van der Waals surface area contributed by atoms with Gasteiger partial charge < -0.3 is 43.4 Å². The van der Waals surface area contributed by atoms with Crippen molar-refractivity contribution in [3.8, 4) is 0 Å². The Labute approximate surface area is 362 Å². The van der Waals surface area contributed by atoms with Crippen LogP contribution < -0.4 is 5.32 Å². The van der Waals surface area contributed by atoms with Crippen LogP contribution in [0.2, 0.25) is 0 Å². The van der Waals surface area contributed by atoms with Crippen LogP contribution in [0.15, 0.2) is 101 Å². The van der Waals surface area contributed by atoms with Gasteiger partial charge in [-0.05, 0) is 52.4 Å². The molecular weight excluding hydrogens is 821 g/mol. The van der Waals surface area contributed by atoms with Crippen LogP contribution in [-0.2, 0) is 61.9 Å². The van der Waals surface area contributed by atoms with E-state index in [1.54, 1.807) is 13.8 Å². The summed E-state index contributed by atoms with van der Waals surface area (Å²) in [5.74, 6) is -1.27. The fourth-order valence-corrected chi connectivity index (χ4v) is 8.62. The van der Waals surface area contributed by atoms with Gasteiger partial charge in [0.25, 0.3) is 0 Å². The standard InChI is InChI=1S/C43H58N7O11P/c1-30-37(47-49-44)42(58-35(39(30)51)28-54-25-32-17-9-6-10-18-32)61-62(3,53)60-40-31(2)38(48-50-45)41(59-36(40)29-55-26-33-19-11-7-12-20-33)56-24-16-5-4-15-23-46-43(52)57-27-34-21-13-8-14-22-34/h6-14,17-22,30-31,35-42,51H,4-5,15-16,23-29H2,1-3H3,(H,46,52)/t30-,31-,35?,36?,37?,38?,39+,40+,41+,42-,62?/m1/s1. The Morgan fingerprint density at radius 3 is 1.82 bits per heavy atom. The number of hydrogen-bond donors (Lipinski definition) is 2. The van der Waals surface area contributed by atoms with E-state index in [2.05, 4.69) is 25.4 Å². The highest BCUT2D eigenvalue weighted by atomic mass is 31.2. The molecule has 0 aromatic heterocycles. The molecule has 2 fully saturated rings. The van der Waals surface area contributed by atoms with Crippen molar-refractivity contribution in [3.63, 3.8) is 0 Å². The van der Waals surface area contributed by atoms with Gasteiger partial charge in [0.15, 0.2) is 12.6 Å².